The van der Waals surface area contributed by atoms with Gasteiger partial charge in [-0.3, -0.25) is 0 Å². The van der Waals surface area contributed by atoms with E-state index in [-0.39, 0.29) is 5.56 Å². The number of nitrogens with one attached hydrogen (secondary N) is 1. The van der Waals surface area contributed by atoms with Gasteiger partial charge < -0.3 is 15.3 Å². The molecule has 2 aromatic carbocycles. The lowest BCUT2D eigenvalue weighted by Gasteiger charge is -2.57. The summed E-state index contributed by atoms with van der Waals surface area (Å²) in [6.45, 7) is 0. The Balaban J connectivity index is 1.19. The molecule has 2 N–H and O–H groups in total. The summed E-state index contributed by atoms with van der Waals surface area (Å²) in [5.41, 5.74) is 3.29. The van der Waals surface area contributed by atoms with Crippen LogP contribution in [0.15, 0.2) is 54.9 Å². The van der Waals surface area contributed by atoms with Crippen molar-refractivity contribution in [2.45, 2.75) is 43.9 Å². The highest BCUT2D eigenvalue weighted by Gasteiger charge is 2.51. The van der Waals surface area contributed by atoms with E-state index in [9.17, 15) is 9.90 Å². The highest BCUT2D eigenvalue weighted by Crippen LogP contribution is 2.61. The van der Waals surface area contributed by atoms with Crippen LogP contribution in [0.5, 0.6) is 0 Å². The number of carbonyl (C=O) groups is 1. The SMILES string of the molecule is CN(c1cnc(Nc2ccc(C34CC5CC(CC(C5)C3)C4)cc2Cl)cn1)c1ccccc1C(=O)O. The number of carboxylic acids is 1. The van der Waals surface area contributed by atoms with Gasteiger partial charge in [0.15, 0.2) is 5.82 Å². The minimum atomic E-state index is -0.981. The average Bonchev–Trinajstić information content (AvgIpc) is 2.84. The van der Waals surface area contributed by atoms with Crippen molar-refractivity contribution in [3.8, 4) is 0 Å². The van der Waals surface area contributed by atoms with Gasteiger partial charge in [-0.05, 0) is 91.5 Å². The molecular weight excluding hydrogens is 460 g/mol. The van der Waals surface area contributed by atoms with Gasteiger partial charge in [0.25, 0.3) is 0 Å². The van der Waals surface area contributed by atoms with E-state index in [4.69, 9.17) is 11.6 Å². The van der Waals surface area contributed by atoms with Crippen LogP contribution in [0.4, 0.5) is 23.0 Å². The van der Waals surface area contributed by atoms with Gasteiger partial charge >= 0.3 is 5.97 Å². The van der Waals surface area contributed by atoms with Gasteiger partial charge in [0.1, 0.15) is 5.82 Å². The van der Waals surface area contributed by atoms with Gasteiger partial charge in [-0.2, -0.15) is 0 Å². The van der Waals surface area contributed by atoms with E-state index >= 15 is 0 Å². The first-order chi connectivity index (χ1) is 16.9. The predicted octanol–water partition coefficient (Wildman–Crippen LogP) is 6.81. The minimum absolute atomic E-state index is 0.213. The second-order valence-electron chi connectivity index (χ2n) is 10.7. The number of carboxylic acid groups (broad SMARTS) is 1. The van der Waals surface area contributed by atoms with Crippen molar-refractivity contribution in [2.75, 3.05) is 17.3 Å². The van der Waals surface area contributed by atoms with Gasteiger partial charge in [-0.25, -0.2) is 14.8 Å². The van der Waals surface area contributed by atoms with E-state index in [1.165, 1.54) is 44.1 Å². The average molecular weight is 489 g/mol. The smallest absolute Gasteiger partial charge is 0.337 e. The van der Waals surface area contributed by atoms with Gasteiger partial charge in [-0.15, -0.1) is 0 Å². The molecule has 0 amide bonds. The number of benzene rings is 2. The molecule has 4 bridgehead atoms. The summed E-state index contributed by atoms with van der Waals surface area (Å²) >= 11 is 6.75. The van der Waals surface area contributed by atoms with Crippen molar-refractivity contribution in [3.05, 3.63) is 71.0 Å². The van der Waals surface area contributed by atoms with E-state index in [2.05, 4.69) is 33.5 Å². The third-order valence-corrected chi connectivity index (χ3v) is 8.67. The molecule has 4 aliphatic rings. The van der Waals surface area contributed by atoms with Crippen LogP contribution in [-0.2, 0) is 5.41 Å². The Morgan fingerprint density at radius 3 is 2.31 bits per heavy atom. The maximum atomic E-state index is 11.6. The molecule has 0 spiro atoms. The Hall–Kier alpha value is -3.12. The molecular formula is C28H29ClN4O2. The maximum absolute atomic E-state index is 11.6. The lowest BCUT2D eigenvalue weighted by molar-refractivity contribution is -0.00518. The summed E-state index contributed by atoms with van der Waals surface area (Å²) < 4.78 is 0. The largest absolute Gasteiger partial charge is 0.478 e. The molecule has 0 aliphatic heterocycles. The predicted molar refractivity (Wildman–Crippen MR) is 138 cm³/mol. The van der Waals surface area contributed by atoms with Crippen molar-refractivity contribution in [1.82, 2.24) is 9.97 Å². The molecule has 1 heterocycles. The highest BCUT2D eigenvalue weighted by molar-refractivity contribution is 6.33. The topological polar surface area (TPSA) is 78.4 Å². The Kier molecular flexibility index (Phi) is 5.44. The van der Waals surface area contributed by atoms with E-state index in [1.807, 2.05) is 0 Å². The zero-order chi connectivity index (χ0) is 24.2. The van der Waals surface area contributed by atoms with Crippen molar-refractivity contribution < 1.29 is 9.90 Å². The number of anilines is 4. The number of aromatic nitrogens is 2. The Morgan fingerprint density at radius 2 is 1.71 bits per heavy atom. The van der Waals surface area contributed by atoms with E-state index in [1.54, 1.807) is 48.6 Å². The molecule has 0 atom stereocenters. The second kappa shape index (κ2) is 8.52. The van der Waals surface area contributed by atoms with Crippen LogP contribution in [0, 0.1) is 17.8 Å². The summed E-state index contributed by atoms with van der Waals surface area (Å²) in [6.07, 6.45) is 11.5. The molecule has 6 nitrogen and oxygen atoms in total. The number of hydrogen-bond acceptors (Lipinski definition) is 5. The van der Waals surface area contributed by atoms with Crippen LogP contribution >= 0.6 is 11.6 Å². The first-order valence-corrected chi connectivity index (χ1v) is 12.7. The minimum Gasteiger partial charge on any atom is -0.478 e. The van der Waals surface area contributed by atoms with Crippen molar-refractivity contribution in [3.63, 3.8) is 0 Å². The second-order valence-corrected chi connectivity index (χ2v) is 11.1. The first-order valence-electron chi connectivity index (χ1n) is 12.4. The summed E-state index contributed by atoms with van der Waals surface area (Å²) in [5.74, 6) is 2.84. The number of para-hydroxylation sites is 1. The van der Waals surface area contributed by atoms with Gasteiger partial charge in [-0.1, -0.05) is 29.8 Å². The standard InChI is InChI=1S/C28H29ClN4O2/c1-33(24-5-3-2-4-21(24)27(34)35)26-16-30-25(15-31-26)32-23-7-6-20(11-22(23)29)28-12-17-8-18(13-28)10-19(9-17)14-28/h2-7,11,15-19H,8-10,12-14H2,1H3,(H,30,32)(H,34,35). The van der Waals surface area contributed by atoms with E-state index in [0.29, 0.717) is 27.8 Å². The van der Waals surface area contributed by atoms with Crippen molar-refractivity contribution in [1.29, 1.82) is 0 Å². The molecule has 4 saturated carbocycles. The molecule has 35 heavy (non-hydrogen) atoms. The van der Waals surface area contributed by atoms with Gasteiger partial charge in [0.2, 0.25) is 0 Å². The number of aromatic carboxylic acids is 1. The van der Waals surface area contributed by atoms with Crippen LogP contribution < -0.4 is 10.2 Å². The monoisotopic (exact) mass is 488 g/mol. The Labute approximate surface area is 210 Å². The third-order valence-electron chi connectivity index (χ3n) is 8.36. The molecule has 4 fully saturated rings. The number of halogens is 1. The van der Waals surface area contributed by atoms with Crippen LogP contribution in [0.3, 0.4) is 0 Å². The molecule has 4 aliphatic carbocycles. The fourth-order valence-corrected chi connectivity index (χ4v) is 7.41. The van der Waals surface area contributed by atoms with E-state index in [0.717, 1.165) is 23.4 Å². The van der Waals surface area contributed by atoms with Gasteiger partial charge in [0.05, 0.1) is 34.4 Å². The zero-order valence-corrected chi connectivity index (χ0v) is 20.5. The molecule has 180 valence electrons. The lowest BCUT2D eigenvalue weighted by Crippen LogP contribution is -2.48. The molecule has 1 aromatic heterocycles. The van der Waals surface area contributed by atoms with Crippen LogP contribution in [0.2, 0.25) is 5.02 Å². The summed E-state index contributed by atoms with van der Waals surface area (Å²) in [6, 6.07) is 13.3. The summed E-state index contributed by atoms with van der Waals surface area (Å²) in [4.78, 5) is 22.3. The van der Waals surface area contributed by atoms with Crippen LogP contribution in [0.1, 0.15) is 54.4 Å². The quantitative estimate of drug-likeness (QED) is 0.397. The number of hydrogen-bond donors (Lipinski definition) is 2. The summed E-state index contributed by atoms with van der Waals surface area (Å²) in [7, 11) is 1.78. The van der Waals surface area contributed by atoms with E-state index < -0.39 is 5.97 Å². The highest BCUT2D eigenvalue weighted by atomic mass is 35.5. The van der Waals surface area contributed by atoms with Crippen LogP contribution in [-0.4, -0.2) is 28.1 Å². The molecule has 0 unspecified atom stereocenters. The molecule has 3 aromatic rings. The molecule has 7 rings (SSSR count). The molecule has 7 heteroatoms. The lowest BCUT2D eigenvalue weighted by atomic mass is 9.48. The zero-order valence-electron chi connectivity index (χ0n) is 19.7. The van der Waals surface area contributed by atoms with Gasteiger partial charge in [0, 0.05) is 7.05 Å². The number of nitrogens with zero attached hydrogens (tertiary/aromatic N) is 3. The van der Waals surface area contributed by atoms with Crippen molar-refractivity contribution >= 4 is 40.6 Å². The van der Waals surface area contributed by atoms with Crippen molar-refractivity contribution in [2.24, 2.45) is 17.8 Å². The summed E-state index contributed by atoms with van der Waals surface area (Å²) in [5, 5.41) is 13.5. The first kappa shape index (κ1) is 22.4. The fraction of sp³-hybridized carbons (Fsp3) is 0.393. The molecule has 0 radical (unpaired) electrons. The molecule has 0 saturated heterocycles. The Bertz CT molecular complexity index is 1240. The fourth-order valence-electron chi connectivity index (χ4n) is 7.18. The third kappa shape index (κ3) is 4.04. The maximum Gasteiger partial charge on any atom is 0.337 e. The normalized spacial score (nSPS) is 26.5. The number of rotatable bonds is 6. The van der Waals surface area contributed by atoms with Crippen LogP contribution in [0.25, 0.3) is 0 Å². The Morgan fingerprint density at radius 1 is 1.03 bits per heavy atom.